The number of methoxy groups -OCH3 is 1. The minimum absolute atomic E-state index is 0.146. The highest BCUT2D eigenvalue weighted by atomic mass is 19.1. The molecule has 0 heterocycles. The largest absolute Gasteiger partial charge is 0.493 e. The molecule has 1 N–H and O–H groups in total. The number of ether oxygens (including phenoxy) is 2. The third kappa shape index (κ3) is 5.64. The molecule has 0 aromatic heterocycles. The molecule has 5 heteroatoms. The average Bonchev–Trinajstić information content (AvgIpc) is 2.60. The molecule has 4 nitrogen and oxygen atoms in total. The Balaban J connectivity index is 2.05. The number of carbonyl (C=O) groups excluding carboxylic acids is 1. The van der Waals surface area contributed by atoms with Gasteiger partial charge in [-0.15, -0.1) is 0 Å². The predicted octanol–water partition coefficient (Wildman–Crippen LogP) is 4.52. The first kappa shape index (κ1) is 18.5. The molecule has 2 rings (SSSR count). The second kappa shape index (κ2) is 8.87. The zero-order chi connectivity index (χ0) is 18.2. The number of hydrogen-bond acceptors (Lipinski definition) is 3. The van der Waals surface area contributed by atoms with Crippen LogP contribution in [-0.4, -0.2) is 19.6 Å². The van der Waals surface area contributed by atoms with Gasteiger partial charge in [0.05, 0.1) is 19.4 Å². The van der Waals surface area contributed by atoms with Crippen LogP contribution in [0.15, 0.2) is 48.5 Å². The van der Waals surface area contributed by atoms with Crippen molar-refractivity contribution in [2.45, 2.75) is 13.8 Å². The highest BCUT2D eigenvalue weighted by Gasteiger charge is 2.07. The summed E-state index contributed by atoms with van der Waals surface area (Å²) in [4.78, 5) is 11.9. The summed E-state index contributed by atoms with van der Waals surface area (Å²) < 4.78 is 24.5. The van der Waals surface area contributed by atoms with Crippen LogP contribution >= 0.6 is 0 Å². The lowest BCUT2D eigenvalue weighted by molar-refractivity contribution is -0.111. The zero-order valence-corrected chi connectivity index (χ0v) is 14.6. The molecule has 0 bridgehead atoms. The molecule has 1 amide bonds. The van der Waals surface area contributed by atoms with Crippen LogP contribution in [0.4, 0.5) is 10.1 Å². The fourth-order valence-electron chi connectivity index (χ4n) is 2.07. The van der Waals surface area contributed by atoms with E-state index in [1.807, 2.05) is 6.07 Å². The van der Waals surface area contributed by atoms with Crippen molar-refractivity contribution < 1.29 is 18.7 Å². The van der Waals surface area contributed by atoms with E-state index in [4.69, 9.17) is 9.47 Å². The normalized spacial score (nSPS) is 10.9. The van der Waals surface area contributed by atoms with Gasteiger partial charge in [-0.25, -0.2) is 4.39 Å². The van der Waals surface area contributed by atoms with Gasteiger partial charge in [0.15, 0.2) is 11.5 Å². The first-order valence-electron chi connectivity index (χ1n) is 8.04. The van der Waals surface area contributed by atoms with Crippen molar-refractivity contribution in [1.29, 1.82) is 0 Å². The Kier molecular flexibility index (Phi) is 6.57. The Hall–Kier alpha value is -2.82. The van der Waals surface area contributed by atoms with Crippen molar-refractivity contribution in [3.05, 3.63) is 59.9 Å². The summed E-state index contributed by atoms with van der Waals surface area (Å²) >= 11 is 0. The summed E-state index contributed by atoms with van der Waals surface area (Å²) in [6.45, 7) is 4.73. The van der Waals surface area contributed by atoms with E-state index in [1.54, 1.807) is 37.5 Å². The standard InChI is InChI=1S/C20H22FNO3/c1-14(2)13-25-18-10-8-15(12-19(18)24-3)9-11-20(23)22-17-7-5-4-6-16(17)21/h4-12,14H,13H2,1-3H3,(H,22,23). The molecule has 0 saturated carbocycles. The molecule has 0 atom stereocenters. The van der Waals surface area contributed by atoms with Gasteiger partial charge in [-0.1, -0.05) is 32.0 Å². The van der Waals surface area contributed by atoms with E-state index in [-0.39, 0.29) is 5.69 Å². The minimum atomic E-state index is -0.474. The van der Waals surface area contributed by atoms with Crippen LogP contribution in [0, 0.1) is 11.7 Å². The quantitative estimate of drug-likeness (QED) is 0.752. The Morgan fingerprint density at radius 3 is 2.64 bits per heavy atom. The lowest BCUT2D eigenvalue weighted by Gasteiger charge is -2.12. The van der Waals surface area contributed by atoms with Crippen LogP contribution in [0.25, 0.3) is 6.08 Å². The number of rotatable bonds is 7. The van der Waals surface area contributed by atoms with Gasteiger partial charge in [0, 0.05) is 6.08 Å². The van der Waals surface area contributed by atoms with Gasteiger partial charge < -0.3 is 14.8 Å². The molecule has 132 valence electrons. The van der Waals surface area contributed by atoms with E-state index in [1.165, 1.54) is 18.2 Å². The Bertz CT molecular complexity index is 756. The fraction of sp³-hybridized carbons (Fsp3) is 0.250. The first-order valence-corrected chi connectivity index (χ1v) is 8.04. The Morgan fingerprint density at radius 1 is 1.20 bits per heavy atom. The van der Waals surface area contributed by atoms with E-state index >= 15 is 0 Å². The van der Waals surface area contributed by atoms with Gasteiger partial charge in [0.1, 0.15) is 5.82 Å². The van der Waals surface area contributed by atoms with Gasteiger partial charge in [0.25, 0.3) is 0 Å². The molecular weight excluding hydrogens is 321 g/mol. The molecule has 0 aliphatic heterocycles. The first-order chi connectivity index (χ1) is 12.0. The maximum Gasteiger partial charge on any atom is 0.248 e. The van der Waals surface area contributed by atoms with E-state index < -0.39 is 11.7 Å². The van der Waals surface area contributed by atoms with Gasteiger partial charge in [0.2, 0.25) is 5.91 Å². The number of nitrogens with one attached hydrogen (secondary N) is 1. The van der Waals surface area contributed by atoms with Crippen molar-refractivity contribution >= 4 is 17.7 Å². The minimum Gasteiger partial charge on any atom is -0.493 e. The Labute approximate surface area is 147 Å². The summed E-state index contributed by atoms with van der Waals surface area (Å²) in [5.74, 6) is 0.773. The van der Waals surface area contributed by atoms with Crippen molar-refractivity contribution in [2.24, 2.45) is 5.92 Å². The maximum atomic E-state index is 13.5. The van der Waals surface area contributed by atoms with Crippen LogP contribution in [0.2, 0.25) is 0 Å². The van der Waals surface area contributed by atoms with E-state index in [0.29, 0.717) is 24.0 Å². The van der Waals surface area contributed by atoms with Crippen LogP contribution in [0.3, 0.4) is 0 Å². The van der Waals surface area contributed by atoms with Crippen molar-refractivity contribution in [3.63, 3.8) is 0 Å². The van der Waals surface area contributed by atoms with Crippen molar-refractivity contribution in [2.75, 3.05) is 19.0 Å². The molecular formula is C20H22FNO3. The molecule has 0 unspecified atom stereocenters. The fourth-order valence-corrected chi connectivity index (χ4v) is 2.07. The lowest BCUT2D eigenvalue weighted by Crippen LogP contribution is -2.09. The topological polar surface area (TPSA) is 47.6 Å². The zero-order valence-electron chi connectivity index (χ0n) is 14.6. The highest BCUT2D eigenvalue weighted by molar-refractivity contribution is 6.02. The SMILES string of the molecule is COc1cc(C=CC(=O)Nc2ccccc2F)ccc1OCC(C)C. The molecule has 2 aromatic rings. The van der Waals surface area contributed by atoms with Gasteiger partial charge in [-0.3, -0.25) is 4.79 Å². The summed E-state index contributed by atoms with van der Waals surface area (Å²) in [5.41, 5.74) is 0.921. The molecule has 0 saturated heterocycles. The molecule has 0 radical (unpaired) electrons. The van der Waals surface area contributed by atoms with Crippen LogP contribution < -0.4 is 14.8 Å². The number of anilines is 1. The molecule has 0 aliphatic rings. The number of halogens is 1. The molecule has 0 aliphatic carbocycles. The van der Waals surface area contributed by atoms with E-state index in [0.717, 1.165) is 5.56 Å². The van der Waals surface area contributed by atoms with Gasteiger partial charge >= 0.3 is 0 Å². The summed E-state index contributed by atoms with van der Waals surface area (Å²) in [6, 6.07) is 11.4. The van der Waals surface area contributed by atoms with Gasteiger partial charge in [-0.2, -0.15) is 0 Å². The third-order valence-corrected chi connectivity index (χ3v) is 3.32. The number of para-hydroxylation sites is 1. The Morgan fingerprint density at radius 2 is 1.96 bits per heavy atom. The molecule has 25 heavy (non-hydrogen) atoms. The van der Waals surface area contributed by atoms with E-state index in [9.17, 15) is 9.18 Å². The summed E-state index contributed by atoms with van der Waals surface area (Å²) in [6.07, 6.45) is 2.97. The van der Waals surface area contributed by atoms with Crippen LogP contribution in [0.5, 0.6) is 11.5 Å². The highest BCUT2D eigenvalue weighted by Crippen LogP contribution is 2.29. The van der Waals surface area contributed by atoms with Crippen molar-refractivity contribution in [3.8, 4) is 11.5 Å². The summed E-state index contributed by atoms with van der Waals surface area (Å²) in [7, 11) is 1.57. The number of benzene rings is 2. The smallest absolute Gasteiger partial charge is 0.248 e. The maximum absolute atomic E-state index is 13.5. The number of amides is 1. The second-order valence-electron chi connectivity index (χ2n) is 5.92. The molecule has 0 spiro atoms. The molecule has 0 fully saturated rings. The second-order valence-corrected chi connectivity index (χ2v) is 5.92. The predicted molar refractivity (Wildman–Crippen MR) is 97.4 cm³/mol. The van der Waals surface area contributed by atoms with Crippen LogP contribution in [-0.2, 0) is 4.79 Å². The third-order valence-electron chi connectivity index (χ3n) is 3.32. The summed E-state index contributed by atoms with van der Waals surface area (Å²) in [5, 5.41) is 2.50. The monoisotopic (exact) mass is 343 g/mol. The van der Waals surface area contributed by atoms with Gasteiger partial charge in [-0.05, 0) is 41.8 Å². The number of carbonyl (C=O) groups is 1. The lowest BCUT2D eigenvalue weighted by atomic mass is 10.2. The average molecular weight is 343 g/mol. The van der Waals surface area contributed by atoms with E-state index in [2.05, 4.69) is 19.2 Å². The van der Waals surface area contributed by atoms with Crippen LogP contribution in [0.1, 0.15) is 19.4 Å². The van der Waals surface area contributed by atoms with Crippen molar-refractivity contribution in [1.82, 2.24) is 0 Å². The molecule has 2 aromatic carbocycles. The number of hydrogen-bond donors (Lipinski definition) is 1.